The van der Waals surface area contributed by atoms with Gasteiger partial charge in [0.15, 0.2) is 6.61 Å². The summed E-state index contributed by atoms with van der Waals surface area (Å²) in [5.41, 5.74) is 1.65. The summed E-state index contributed by atoms with van der Waals surface area (Å²) in [6, 6.07) is 10.7. The fraction of sp³-hybridized carbons (Fsp3) is 0.211. The highest BCUT2D eigenvalue weighted by molar-refractivity contribution is 5.95. The molecule has 2 N–H and O–H groups in total. The minimum atomic E-state index is -0.684. The van der Waals surface area contributed by atoms with Gasteiger partial charge in [-0.05, 0) is 30.7 Å². The Morgan fingerprint density at radius 3 is 2.39 bits per heavy atom. The molecule has 2 aromatic carbocycles. The third-order valence-electron chi connectivity index (χ3n) is 3.76. The number of nitrogens with one attached hydrogen (secondary N) is 2. The Labute approximate surface area is 160 Å². The lowest BCUT2D eigenvalue weighted by atomic mass is 10.1. The van der Waals surface area contributed by atoms with E-state index in [1.807, 2.05) is 0 Å². The number of hydrogen-bond acceptors (Lipinski definition) is 6. The molecule has 2 amide bonds. The van der Waals surface area contributed by atoms with Gasteiger partial charge in [0.1, 0.15) is 0 Å². The van der Waals surface area contributed by atoms with E-state index in [2.05, 4.69) is 10.6 Å². The van der Waals surface area contributed by atoms with Crippen LogP contribution in [0.5, 0.6) is 0 Å². The van der Waals surface area contributed by atoms with Crippen LogP contribution in [0.15, 0.2) is 42.5 Å². The van der Waals surface area contributed by atoms with Crippen molar-refractivity contribution in [2.45, 2.75) is 20.4 Å². The van der Waals surface area contributed by atoms with E-state index in [0.29, 0.717) is 12.1 Å². The summed E-state index contributed by atoms with van der Waals surface area (Å²) < 4.78 is 4.95. The van der Waals surface area contributed by atoms with Crippen LogP contribution >= 0.6 is 0 Å². The highest BCUT2D eigenvalue weighted by atomic mass is 16.6. The predicted molar refractivity (Wildman–Crippen MR) is 101 cm³/mol. The van der Waals surface area contributed by atoms with E-state index in [4.69, 9.17) is 4.74 Å². The maximum atomic E-state index is 12.0. The molecule has 0 fully saturated rings. The van der Waals surface area contributed by atoms with Crippen LogP contribution in [0.4, 0.5) is 11.4 Å². The molecule has 0 aliphatic carbocycles. The number of amides is 2. The molecule has 0 atom stereocenters. The van der Waals surface area contributed by atoms with Gasteiger partial charge in [-0.2, -0.15) is 0 Å². The molecule has 0 bridgehead atoms. The monoisotopic (exact) mass is 385 g/mol. The Hall–Kier alpha value is -3.75. The Balaban J connectivity index is 1.88. The molecule has 0 unspecified atom stereocenters. The lowest BCUT2D eigenvalue weighted by Crippen LogP contribution is -2.21. The summed E-state index contributed by atoms with van der Waals surface area (Å²) in [4.78, 5) is 45.2. The number of nitrogens with zero attached hydrogens (tertiary/aromatic N) is 1. The van der Waals surface area contributed by atoms with Gasteiger partial charge < -0.3 is 15.4 Å². The molecule has 0 aromatic heterocycles. The fourth-order valence-electron chi connectivity index (χ4n) is 2.28. The van der Waals surface area contributed by atoms with Gasteiger partial charge >= 0.3 is 5.97 Å². The van der Waals surface area contributed by atoms with Crippen LogP contribution in [-0.4, -0.2) is 29.3 Å². The van der Waals surface area contributed by atoms with E-state index < -0.39 is 23.4 Å². The first-order valence-corrected chi connectivity index (χ1v) is 8.31. The zero-order chi connectivity index (χ0) is 20.7. The zero-order valence-corrected chi connectivity index (χ0v) is 15.4. The first kappa shape index (κ1) is 20.6. The topological polar surface area (TPSA) is 128 Å². The Bertz CT molecular complexity index is 908. The summed E-state index contributed by atoms with van der Waals surface area (Å²) in [5, 5.41) is 16.0. The van der Waals surface area contributed by atoms with Crippen molar-refractivity contribution in [2.24, 2.45) is 0 Å². The molecule has 146 valence electrons. The van der Waals surface area contributed by atoms with E-state index in [1.54, 1.807) is 19.1 Å². The second-order valence-electron chi connectivity index (χ2n) is 5.99. The number of nitro groups is 1. The maximum Gasteiger partial charge on any atom is 0.338 e. The Morgan fingerprint density at radius 1 is 1.11 bits per heavy atom. The van der Waals surface area contributed by atoms with Gasteiger partial charge in [-0.3, -0.25) is 19.7 Å². The molecule has 9 nitrogen and oxygen atoms in total. The second kappa shape index (κ2) is 9.26. The van der Waals surface area contributed by atoms with Crippen molar-refractivity contribution in [3.8, 4) is 0 Å². The van der Waals surface area contributed by atoms with Gasteiger partial charge in [-0.25, -0.2) is 4.79 Å². The molecule has 2 aromatic rings. The van der Waals surface area contributed by atoms with Gasteiger partial charge in [0.05, 0.1) is 10.5 Å². The average Bonchev–Trinajstić information content (AvgIpc) is 2.66. The average molecular weight is 385 g/mol. The molecule has 0 aliphatic heterocycles. The number of esters is 1. The Morgan fingerprint density at radius 2 is 1.79 bits per heavy atom. The molecule has 28 heavy (non-hydrogen) atoms. The number of carbonyl (C=O) groups is 3. The number of ether oxygens (including phenoxy) is 1. The molecule has 9 heteroatoms. The zero-order valence-electron chi connectivity index (χ0n) is 15.4. The minimum Gasteiger partial charge on any atom is -0.452 e. The van der Waals surface area contributed by atoms with Crippen LogP contribution in [0.2, 0.25) is 0 Å². The summed E-state index contributed by atoms with van der Waals surface area (Å²) in [5.74, 6) is -1.46. The van der Waals surface area contributed by atoms with Crippen LogP contribution in [0.25, 0.3) is 0 Å². The summed E-state index contributed by atoms with van der Waals surface area (Å²) in [7, 11) is 0. The van der Waals surface area contributed by atoms with Crippen molar-refractivity contribution in [3.63, 3.8) is 0 Å². The van der Waals surface area contributed by atoms with E-state index >= 15 is 0 Å². The SMILES string of the molecule is CC(=O)NCc1ccc(C(=O)OCC(=O)Nc2ccc(C)c([N+](=O)[O-])c2)cc1. The summed E-state index contributed by atoms with van der Waals surface area (Å²) in [6.45, 7) is 2.81. The molecule has 0 saturated carbocycles. The van der Waals surface area contributed by atoms with E-state index in [9.17, 15) is 24.5 Å². The normalized spacial score (nSPS) is 10.1. The number of carbonyl (C=O) groups excluding carboxylic acids is 3. The predicted octanol–water partition coefficient (Wildman–Crippen LogP) is 2.33. The molecule has 0 saturated heterocycles. The molecule has 0 heterocycles. The number of anilines is 1. The van der Waals surface area contributed by atoms with Gasteiger partial charge in [0.25, 0.3) is 11.6 Å². The van der Waals surface area contributed by atoms with Crippen molar-refractivity contribution in [1.82, 2.24) is 5.32 Å². The number of aryl methyl sites for hydroxylation is 1. The molecule has 0 spiro atoms. The van der Waals surface area contributed by atoms with Gasteiger partial charge in [-0.1, -0.05) is 18.2 Å². The summed E-state index contributed by atoms with van der Waals surface area (Å²) in [6.07, 6.45) is 0. The highest BCUT2D eigenvalue weighted by Crippen LogP contribution is 2.22. The lowest BCUT2D eigenvalue weighted by molar-refractivity contribution is -0.385. The van der Waals surface area contributed by atoms with Crippen LogP contribution in [0, 0.1) is 17.0 Å². The molecular formula is C19H19N3O6. The first-order chi connectivity index (χ1) is 13.3. The van der Waals surface area contributed by atoms with Crippen molar-refractivity contribution < 1.29 is 24.0 Å². The number of nitro benzene ring substituents is 1. The number of benzene rings is 2. The third kappa shape index (κ3) is 5.90. The van der Waals surface area contributed by atoms with Crippen molar-refractivity contribution in [2.75, 3.05) is 11.9 Å². The number of rotatable bonds is 7. The van der Waals surface area contributed by atoms with Gasteiger partial charge in [-0.15, -0.1) is 0 Å². The van der Waals surface area contributed by atoms with Gasteiger partial charge in [0.2, 0.25) is 5.91 Å². The summed E-state index contributed by atoms with van der Waals surface area (Å²) >= 11 is 0. The smallest absolute Gasteiger partial charge is 0.338 e. The molecular weight excluding hydrogens is 366 g/mol. The van der Waals surface area contributed by atoms with Gasteiger partial charge in [0, 0.05) is 30.8 Å². The van der Waals surface area contributed by atoms with Crippen LogP contribution in [0.1, 0.15) is 28.4 Å². The molecule has 0 radical (unpaired) electrons. The van der Waals surface area contributed by atoms with Crippen LogP contribution < -0.4 is 10.6 Å². The molecule has 2 rings (SSSR count). The second-order valence-corrected chi connectivity index (χ2v) is 5.99. The largest absolute Gasteiger partial charge is 0.452 e. The lowest BCUT2D eigenvalue weighted by Gasteiger charge is -2.08. The minimum absolute atomic E-state index is 0.117. The van der Waals surface area contributed by atoms with Crippen molar-refractivity contribution >= 4 is 29.2 Å². The van der Waals surface area contributed by atoms with Crippen LogP contribution in [0.3, 0.4) is 0 Å². The van der Waals surface area contributed by atoms with Crippen LogP contribution in [-0.2, 0) is 20.9 Å². The fourth-order valence-corrected chi connectivity index (χ4v) is 2.28. The molecule has 0 aliphatic rings. The van der Waals surface area contributed by atoms with E-state index in [-0.39, 0.29) is 22.8 Å². The third-order valence-corrected chi connectivity index (χ3v) is 3.76. The number of hydrogen-bond donors (Lipinski definition) is 2. The van der Waals surface area contributed by atoms with Crippen molar-refractivity contribution in [3.05, 3.63) is 69.3 Å². The quantitative estimate of drug-likeness (QED) is 0.428. The maximum absolute atomic E-state index is 12.0. The first-order valence-electron chi connectivity index (χ1n) is 8.31. The van der Waals surface area contributed by atoms with E-state index in [1.165, 1.54) is 37.3 Å². The highest BCUT2D eigenvalue weighted by Gasteiger charge is 2.14. The Kier molecular flexibility index (Phi) is 6.80. The van der Waals surface area contributed by atoms with Crippen molar-refractivity contribution in [1.29, 1.82) is 0 Å². The standard InChI is InChI=1S/C19H19N3O6/c1-12-3-8-16(9-17(12)22(26)27)21-18(24)11-28-19(25)15-6-4-14(5-7-15)10-20-13(2)23/h3-9H,10-11H2,1-2H3,(H,20,23)(H,21,24). The van der Waals surface area contributed by atoms with E-state index in [0.717, 1.165) is 5.56 Å².